The number of anilines is 1. The number of piperidine rings is 1. The lowest BCUT2D eigenvalue weighted by molar-refractivity contribution is 0.0499. The third kappa shape index (κ3) is 5.94. The van der Waals surface area contributed by atoms with Gasteiger partial charge in [0.25, 0.3) is 5.56 Å². The maximum Gasteiger partial charge on any atom is 0.407 e. The van der Waals surface area contributed by atoms with Crippen LogP contribution in [0.25, 0.3) is 22.1 Å². The molecule has 3 aromatic heterocycles. The third-order valence-corrected chi connectivity index (χ3v) is 6.84. The van der Waals surface area contributed by atoms with Gasteiger partial charge in [0.1, 0.15) is 11.4 Å². The van der Waals surface area contributed by atoms with E-state index in [0.29, 0.717) is 24.9 Å². The predicted molar refractivity (Wildman–Crippen MR) is 156 cm³/mol. The van der Waals surface area contributed by atoms with E-state index in [1.807, 2.05) is 56.9 Å². The number of imidazole rings is 1. The molecular weight excluding hydrogens is 524 g/mol. The van der Waals surface area contributed by atoms with Crippen LogP contribution < -0.4 is 21.5 Å². The van der Waals surface area contributed by atoms with Gasteiger partial charge < -0.3 is 15.0 Å². The van der Waals surface area contributed by atoms with Gasteiger partial charge in [-0.05, 0) is 53.5 Å². The highest BCUT2D eigenvalue weighted by Crippen LogP contribution is 2.23. The number of nitrogens with one attached hydrogen (secondary N) is 2. The van der Waals surface area contributed by atoms with Crippen LogP contribution in [0.5, 0.6) is 0 Å². The van der Waals surface area contributed by atoms with E-state index in [1.54, 1.807) is 11.5 Å². The highest BCUT2D eigenvalue weighted by atomic mass is 16.6. The topological polar surface area (TPSA) is 140 Å². The van der Waals surface area contributed by atoms with Gasteiger partial charge in [-0.2, -0.15) is 4.98 Å². The van der Waals surface area contributed by atoms with Crippen LogP contribution in [-0.2, 0) is 17.8 Å². The first kappa shape index (κ1) is 27.9. The van der Waals surface area contributed by atoms with Crippen LogP contribution in [0, 0.1) is 18.8 Å². The highest BCUT2D eigenvalue weighted by Gasteiger charge is 2.28. The summed E-state index contributed by atoms with van der Waals surface area (Å²) in [6.07, 6.45) is 1.09. The Morgan fingerprint density at radius 3 is 2.71 bits per heavy atom. The molecule has 12 heteroatoms. The van der Waals surface area contributed by atoms with E-state index in [0.717, 1.165) is 34.0 Å². The molecule has 0 spiro atoms. The molecule has 4 heterocycles. The molecule has 5 rings (SSSR count). The summed E-state index contributed by atoms with van der Waals surface area (Å²) < 4.78 is 8.25. The van der Waals surface area contributed by atoms with Crippen LogP contribution in [0.15, 0.2) is 33.9 Å². The number of fused-ring (bicyclic) bond motifs is 2. The average molecular weight is 559 g/mol. The molecule has 1 saturated heterocycles. The summed E-state index contributed by atoms with van der Waals surface area (Å²) >= 11 is 0. The molecule has 41 heavy (non-hydrogen) atoms. The van der Waals surface area contributed by atoms with Gasteiger partial charge in [-0.15, -0.1) is 5.92 Å². The van der Waals surface area contributed by atoms with E-state index in [9.17, 15) is 14.4 Å². The second-order valence-corrected chi connectivity index (χ2v) is 11.1. The quantitative estimate of drug-likeness (QED) is 0.357. The minimum absolute atomic E-state index is 0.0959. The molecule has 2 N–H and O–H groups in total. The molecule has 12 nitrogen and oxygen atoms in total. The Hall–Kier alpha value is -4.66. The lowest BCUT2D eigenvalue weighted by Crippen LogP contribution is -2.49. The standard InChI is InChI=1S/C29H34N8O4/c1-6-7-15-36-23-24(33-26(36)35-14-10-11-19(16-35)31-28(40)41-29(3,4)5)34-27(39)37(25(23)38)17-22-30-18(2)20-12-8-9-13-21(20)32-22/h8-9,12-13,19H,10-11,14-17H2,1-5H3,(H,31,40)(H,34,39). The molecule has 0 radical (unpaired) electrons. The largest absolute Gasteiger partial charge is 0.444 e. The number of hydrogen-bond donors (Lipinski definition) is 2. The molecule has 1 atom stereocenters. The molecule has 214 valence electrons. The molecule has 1 aliphatic heterocycles. The minimum Gasteiger partial charge on any atom is -0.444 e. The molecule has 0 bridgehead atoms. The van der Waals surface area contributed by atoms with Gasteiger partial charge in [-0.1, -0.05) is 24.1 Å². The number of ether oxygens (including phenoxy) is 1. The molecule has 1 unspecified atom stereocenters. The van der Waals surface area contributed by atoms with Crippen molar-refractivity contribution >= 4 is 34.1 Å². The Balaban J connectivity index is 1.51. The number of carbonyl (C=O) groups is 1. The number of amides is 1. The fraction of sp³-hybridized carbons (Fsp3) is 0.448. The Morgan fingerprint density at radius 1 is 1.17 bits per heavy atom. The number of rotatable bonds is 5. The van der Waals surface area contributed by atoms with E-state index in [4.69, 9.17) is 4.74 Å². The number of para-hydroxylation sites is 1. The van der Waals surface area contributed by atoms with Crippen LogP contribution in [0.3, 0.4) is 0 Å². The number of aromatic nitrogens is 6. The van der Waals surface area contributed by atoms with Gasteiger partial charge in [0, 0.05) is 30.2 Å². The number of hydrogen-bond acceptors (Lipinski definition) is 8. The first-order valence-electron chi connectivity index (χ1n) is 13.6. The van der Waals surface area contributed by atoms with Crippen molar-refractivity contribution in [2.75, 3.05) is 18.0 Å². The number of benzene rings is 1. The zero-order valence-electron chi connectivity index (χ0n) is 23.9. The summed E-state index contributed by atoms with van der Waals surface area (Å²) in [7, 11) is 0. The monoisotopic (exact) mass is 558 g/mol. The predicted octanol–water partition coefficient (Wildman–Crippen LogP) is 2.70. The molecule has 1 aromatic carbocycles. The van der Waals surface area contributed by atoms with E-state index in [-0.39, 0.29) is 30.3 Å². The SMILES string of the molecule is CC#CCn1c(N2CCCC(NC(=O)OC(C)(C)C)C2)nc2[nH]c(=O)n(Cc3nc(C)c4ccccc4n3)c(=O)c21. The van der Waals surface area contributed by atoms with Crippen molar-refractivity contribution in [2.24, 2.45) is 0 Å². The molecule has 0 aliphatic carbocycles. The molecule has 4 aromatic rings. The smallest absolute Gasteiger partial charge is 0.407 e. The Bertz CT molecular complexity index is 1800. The number of nitrogens with zero attached hydrogens (tertiary/aromatic N) is 6. The minimum atomic E-state index is -0.604. The zero-order chi connectivity index (χ0) is 29.3. The van der Waals surface area contributed by atoms with Crippen molar-refractivity contribution in [3.8, 4) is 11.8 Å². The number of H-pyrrole nitrogens is 1. The van der Waals surface area contributed by atoms with Crippen molar-refractivity contribution in [1.82, 2.24) is 34.4 Å². The van der Waals surface area contributed by atoms with Gasteiger partial charge in [-0.3, -0.25) is 18.9 Å². The second-order valence-electron chi connectivity index (χ2n) is 11.1. The van der Waals surface area contributed by atoms with Gasteiger partial charge in [0.15, 0.2) is 11.2 Å². The van der Waals surface area contributed by atoms with Gasteiger partial charge >= 0.3 is 11.8 Å². The molecule has 0 saturated carbocycles. The van der Waals surface area contributed by atoms with E-state index in [2.05, 4.69) is 37.1 Å². The van der Waals surface area contributed by atoms with Crippen molar-refractivity contribution in [1.29, 1.82) is 0 Å². The lowest BCUT2D eigenvalue weighted by atomic mass is 10.1. The van der Waals surface area contributed by atoms with Gasteiger partial charge in [0.2, 0.25) is 5.95 Å². The number of aryl methyl sites for hydroxylation is 1. The zero-order valence-corrected chi connectivity index (χ0v) is 23.9. The summed E-state index contributed by atoms with van der Waals surface area (Å²) in [6.45, 7) is 10.3. The van der Waals surface area contributed by atoms with Gasteiger partial charge in [-0.25, -0.2) is 19.6 Å². The van der Waals surface area contributed by atoms with Crippen LogP contribution in [0.1, 0.15) is 52.1 Å². The van der Waals surface area contributed by atoms with Crippen molar-refractivity contribution < 1.29 is 9.53 Å². The normalized spacial score (nSPS) is 15.5. The first-order valence-corrected chi connectivity index (χ1v) is 13.6. The average Bonchev–Trinajstić information content (AvgIpc) is 3.27. The Kier molecular flexibility index (Phi) is 7.53. The van der Waals surface area contributed by atoms with Crippen LogP contribution in [0.2, 0.25) is 0 Å². The molecule has 1 aliphatic rings. The maximum atomic E-state index is 13.8. The molecule has 1 amide bonds. The Morgan fingerprint density at radius 2 is 1.95 bits per heavy atom. The number of carbonyl (C=O) groups excluding carboxylic acids is 1. The van der Waals surface area contributed by atoms with Crippen molar-refractivity contribution in [2.45, 2.75) is 72.2 Å². The van der Waals surface area contributed by atoms with Crippen molar-refractivity contribution in [3.05, 3.63) is 56.6 Å². The third-order valence-electron chi connectivity index (χ3n) is 6.84. The van der Waals surface area contributed by atoms with E-state index in [1.165, 1.54) is 0 Å². The molecular formula is C29H34N8O4. The Labute approximate surface area is 236 Å². The van der Waals surface area contributed by atoms with E-state index < -0.39 is 22.9 Å². The van der Waals surface area contributed by atoms with Crippen LogP contribution in [0.4, 0.5) is 10.7 Å². The van der Waals surface area contributed by atoms with Crippen LogP contribution in [-0.4, -0.2) is 59.9 Å². The number of aromatic amines is 1. The van der Waals surface area contributed by atoms with E-state index >= 15 is 0 Å². The number of alkyl carbamates (subject to hydrolysis) is 1. The van der Waals surface area contributed by atoms with Crippen molar-refractivity contribution in [3.63, 3.8) is 0 Å². The summed E-state index contributed by atoms with van der Waals surface area (Å²) in [5.74, 6) is 6.76. The lowest BCUT2D eigenvalue weighted by Gasteiger charge is -2.34. The fourth-order valence-corrected chi connectivity index (χ4v) is 5.08. The maximum absolute atomic E-state index is 13.8. The summed E-state index contributed by atoms with van der Waals surface area (Å²) in [5.41, 5.74) is 0.220. The fourth-order valence-electron chi connectivity index (χ4n) is 5.08. The first-order chi connectivity index (χ1) is 19.5. The summed E-state index contributed by atoms with van der Waals surface area (Å²) in [5, 5.41) is 3.85. The van der Waals surface area contributed by atoms with Gasteiger partial charge in [0.05, 0.1) is 18.6 Å². The highest BCUT2D eigenvalue weighted by molar-refractivity contribution is 5.80. The summed E-state index contributed by atoms with van der Waals surface area (Å²) in [4.78, 5) is 57.9. The van der Waals surface area contributed by atoms with Crippen LogP contribution >= 0.6 is 0 Å². The second kappa shape index (κ2) is 11.1. The molecule has 1 fully saturated rings. The summed E-state index contributed by atoms with van der Waals surface area (Å²) in [6, 6.07) is 7.43.